The first kappa shape index (κ1) is 12.7. The van der Waals surface area contributed by atoms with E-state index < -0.39 is 0 Å². The SMILES string of the molecule is CC(C)C(=O)N1CCC2(CC1)N[C@H](C#N)CS2. The normalized spacial score (nSPS) is 27.4. The van der Waals surface area contributed by atoms with Crippen LogP contribution in [0.25, 0.3) is 0 Å². The van der Waals surface area contributed by atoms with Gasteiger partial charge in [0.05, 0.1) is 10.9 Å². The lowest BCUT2D eigenvalue weighted by atomic mass is 10.0. The molecule has 0 aromatic rings. The van der Waals surface area contributed by atoms with Crippen LogP contribution in [-0.4, -0.2) is 40.6 Å². The molecule has 1 amide bonds. The van der Waals surface area contributed by atoms with Crippen LogP contribution in [0.2, 0.25) is 0 Å². The van der Waals surface area contributed by atoms with Crippen molar-refractivity contribution in [2.24, 2.45) is 5.92 Å². The van der Waals surface area contributed by atoms with E-state index in [9.17, 15) is 4.79 Å². The van der Waals surface area contributed by atoms with Crippen LogP contribution >= 0.6 is 11.8 Å². The summed E-state index contributed by atoms with van der Waals surface area (Å²) in [5.74, 6) is 1.20. The Morgan fingerprint density at radius 3 is 2.65 bits per heavy atom. The highest BCUT2D eigenvalue weighted by molar-refractivity contribution is 8.00. The van der Waals surface area contributed by atoms with Crippen molar-refractivity contribution in [3.63, 3.8) is 0 Å². The Balaban J connectivity index is 1.91. The number of rotatable bonds is 1. The van der Waals surface area contributed by atoms with Crippen molar-refractivity contribution in [2.45, 2.75) is 37.6 Å². The summed E-state index contributed by atoms with van der Waals surface area (Å²) in [6.07, 6.45) is 1.91. The maximum atomic E-state index is 11.9. The van der Waals surface area contributed by atoms with E-state index in [-0.39, 0.29) is 22.7 Å². The molecule has 0 saturated carbocycles. The third-order valence-corrected chi connectivity index (χ3v) is 5.07. The van der Waals surface area contributed by atoms with Gasteiger partial charge in [-0.25, -0.2) is 0 Å². The molecular formula is C12H19N3OS. The zero-order valence-corrected chi connectivity index (χ0v) is 11.2. The minimum Gasteiger partial charge on any atom is -0.342 e. The van der Waals surface area contributed by atoms with E-state index in [0.717, 1.165) is 31.7 Å². The number of nitrogens with one attached hydrogen (secondary N) is 1. The molecule has 0 aromatic carbocycles. The van der Waals surface area contributed by atoms with Crippen molar-refractivity contribution in [2.75, 3.05) is 18.8 Å². The number of nitrogens with zero attached hydrogens (tertiary/aromatic N) is 2. The van der Waals surface area contributed by atoms with Gasteiger partial charge in [0.25, 0.3) is 0 Å². The minimum atomic E-state index is -0.0210. The van der Waals surface area contributed by atoms with Gasteiger partial charge in [0.2, 0.25) is 5.91 Å². The van der Waals surface area contributed by atoms with Gasteiger partial charge in [-0.15, -0.1) is 11.8 Å². The van der Waals surface area contributed by atoms with Gasteiger partial charge >= 0.3 is 0 Å². The molecule has 17 heavy (non-hydrogen) atoms. The number of amides is 1. The van der Waals surface area contributed by atoms with Crippen molar-refractivity contribution in [1.29, 1.82) is 5.26 Å². The summed E-state index contributed by atoms with van der Waals surface area (Å²) < 4.78 is 0. The molecule has 1 spiro atoms. The van der Waals surface area contributed by atoms with Gasteiger partial charge in [0.15, 0.2) is 0 Å². The van der Waals surface area contributed by atoms with Crippen LogP contribution < -0.4 is 5.32 Å². The Labute approximate surface area is 107 Å². The van der Waals surface area contributed by atoms with Gasteiger partial charge in [-0.3, -0.25) is 10.1 Å². The second-order valence-corrected chi connectivity index (χ2v) is 6.51. The predicted molar refractivity (Wildman–Crippen MR) is 68.4 cm³/mol. The van der Waals surface area contributed by atoms with E-state index in [1.54, 1.807) is 0 Å². The fourth-order valence-corrected chi connectivity index (χ4v) is 3.80. The van der Waals surface area contributed by atoms with E-state index >= 15 is 0 Å². The summed E-state index contributed by atoms with van der Waals surface area (Å²) >= 11 is 1.85. The Hall–Kier alpha value is -0.730. The fraction of sp³-hybridized carbons (Fsp3) is 0.833. The number of carbonyl (C=O) groups is 1. The zero-order valence-electron chi connectivity index (χ0n) is 10.4. The first-order valence-corrected chi connectivity index (χ1v) is 7.15. The maximum Gasteiger partial charge on any atom is 0.225 e. The van der Waals surface area contributed by atoms with E-state index in [4.69, 9.17) is 5.26 Å². The second kappa shape index (κ2) is 4.87. The third kappa shape index (κ3) is 2.58. The summed E-state index contributed by atoms with van der Waals surface area (Å²) in [4.78, 5) is 13.9. The van der Waals surface area contributed by atoms with Crippen molar-refractivity contribution in [1.82, 2.24) is 10.2 Å². The first-order chi connectivity index (χ1) is 8.06. The molecule has 0 unspecified atom stereocenters. The van der Waals surface area contributed by atoms with Crippen LogP contribution in [0, 0.1) is 17.2 Å². The molecule has 2 aliphatic rings. The van der Waals surface area contributed by atoms with Gasteiger partial charge in [-0.1, -0.05) is 13.8 Å². The molecule has 2 heterocycles. The quantitative estimate of drug-likeness (QED) is 0.762. The molecule has 2 fully saturated rings. The number of carbonyl (C=O) groups excluding carboxylic acids is 1. The van der Waals surface area contributed by atoms with E-state index in [2.05, 4.69) is 11.4 Å². The van der Waals surface area contributed by atoms with E-state index in [1.807, 2.05) is 30.5 Å². The summed E-state index contributed by atoms with van der Waals surface area (Å²) in [5.41, 5.74) is 0. The number of nitriles is 1. The molecule has 5 heteroatoms. The molecular weight excluding hydrogens is 234 g/mol. The minimum absolute atomic E-state index is 0.0210. The summed E-state index contributed by atoms with van der Waals surface area (Å²) in [7, 11) is 0. The molecule has 0 aliphatic carbocycles. The Morgan fingerprint density at radius 2 is 2.18 bits per heavy atom. The monoisotopic (exact) mass is 253 g/mol. The van der Waals surface area contributed by atoms with Crippen LogP contribution in [0.4, 0.5) is 0 Å². The molecule has 1 N–H and O–H groups in total. The Morgan fingerprint density at radius 1 is 1.53 bits per heavy atom. The van der Waals surface area contributed by atoms with Crippen LogP contribution in [0.1, 0.15) is 26.7 Å². The Bertz CT molecular complexity index is 342. The number of hydrogen-bond acceptors (Lipinski definition) is 4. The molecule has 2 rings (SSSR count). The average molecular weight is 253 g/mol. The fourth-order valence-electron chi connectivity index (χ4n) is 2.46. The van der Waals surface area contributed by atoms with Gasteiger partial charge < -0.3 is 4.90 Å². The molecule has 0 radical (unpaired) electrons. The molecule has 2 aliphatic heterocycles. The Kier molecular flexibility index (Phi) is 3.64. The van der Waals surface area contributed by atoms with Crippen LogP contribution in [0.3, 0.4) is 0 Å². The van der Waals surface area contributed by atoms with Crippen molar-refractivity contribution >= 4 is 17.7 Å². The van der Waals surface area contributed by atoms with Gasteiger partial charge in [0.1, 0.15) is 6.04 Å². The second-order valence-electron chi connectivity index (χ2n) is 5.11. The average Bonchev–Trinajstić information content (AvgIpc) is 2.73. The topological polar surface area (TPSA) is 56.1 Å². The molecule has 0 aromatic heterocycles. The lowest BCUT2D eigenvalue weighted by molar-refractivity contribution is -0.135. The number of likely N-dealkylation sites (tertiary alicyclic amines) is 1. The first-order valence-electron chi connectivity index (χ1n) is 6.16. The van der Waals surface area contributed by atoms with Gasteiger partial charge in [-0.2, -0.15) is 5.26 Å². The lowest BCUT2D eigenvalue weighted by Gasteiger charge is -2.39. The van der Waals surface area contributed by atoms with Crippen LogP contribution in [0.15, 0.2) is 0 Å². The predicted octanol–water partition coefficient (Wildman–Crippen LogP) is 1.19. The van der Waals surface area contributed by atoms with Crippen LogP contribution in [-0.2, 0) is 4.79 Å². The summed E-state index contributed by atoms with van der Waals surface area (Å²) in [5, 5.41) is 12.3. The van der Waals surface area contributed by atoms with Gasteiger partial charge in [0, 0.05) is 24.8 Å². The van der Waals surface area contributed by atoms with Crippen molar-refractivity contribution in [3.05, 3.63) is 0 Å². The van der Waals surface area contributed by atoms with Crippen molar-refractivity contribution < 1.29 is 4.79 Å². The van der Waals surface area contributed by atoms with Crippen molar-refractivity contribution in [3.8, 4) is 6.07 Å². The van der Waals surface area contributed by atoms with Crippen LogP contribution in [0.5, 0.6) is 0 Å². The maximum absolute atomic E-state index is 11.9. The highest BCUT2D eigenvalue weighted by Gasteiger charge is 2.42. The lowest BCUT2D eigenvalue weighted by Crippen LogP contribution is -2.52. The van der Waals surface area contributed by atoms with E-state index in [0.29, 0.717) is 0 Å². The zero-order chi connectivity index (χ0) is 12.5. The highest BCUT2D eigenvalue weighted by Crippen LogP contribution is 2.39. The number of hydrogen-bond donors (Lipinski definition) is 1. The molecule has 94 valence electrons. The number of thioether (sulfide) groups is 1. The highest BCUT2D eigenvalue weighted by atomic mass is 32.2. The summed E-state index contributed by atoms with van der Waals surface area (Å²) in [6, 6.07) is 2.25. The van der Waals surface area contributed by atoms with E-state index in [1.165, 1.54) is 0 Å². The standard InChI is InChI=1S/C12H19N3OS/c1-9(2)11(16)15-5-3-12(4-6-15)14-10(7-13)8-17-12/h9-10,14H,3-6,8H2,1-2H3/t10-/m1/s1. The van der Waals surface area contributed by atoms with Gasteiger partial charge in [-0.05, 0) is 12.8 Å². The largest absolute Gasteiger partial charge is 0.342 e. The third-order valence-electron chi connectivity index (χ3n) is 3.50. The number of piperidine rings is 1. The molecule has 4 nitrogen and oxygen atoms in total. The molecule has 0 bridgehead atoms. The molecule has 1 atom stereocenters. The summed E-state index contributed by atoms with van der Waals surface area (Å²) in [6.45, 7) is 5.52. The smallest absolute Gasteiger partial charge is 0.225 e. The molecule has 2 saturated heterocycles.